The van der Waals surface area contributed by atoms with E-state index in [0.29, 0.717) is 6.04 Å². The molecule has 0 amide bonds. The molecule has 20 heavy (non-hydrogen) atoms. The molecule has 1 aromatic rings. The van der Waals surface area contributed by atoms with E-state index in [1.54, 1.807) is 12.1 Å². The van der Waals surface area contributed by atoms with Crippen molar-refractivity contribution in [3.63, 3.8) is 0 Å². The molecule has 2 aliphatic rings. The highest BCUT2D eigenvalue weighted by molar-refractivity contribution is 5.56. The predicted octanol–water partition coefficient (Wildman–Crippen LogP) is 4.00. The zero-order chi connectivity index (χ0) is 14.1. The van der Waals surface area contributed by atoms with Crippen LogP contribution in [0.1, 0.15) is 57.1 Å². The topological polar surface area (TPSA) is 29.3 Å². The average Bonchev–Trinajstić information content (AvgIpc) is 2.46. The Morgan fingerprint density at radius 2 is 1.95 bits per heavy atom. The Balaban J connectivity index is 1.94. The zero-order valence-corrected chi connectivity index (χ0v) is 12.3. The van der Waals surface area contributed by atoms with E-state index >= 15 is 0 Å². The summed E-state index contributed by atoms with van der Waals surface area (Å²) in [6, 6.07) is 5.65. The molecule has 1 aliphatic heterocycles. The van der Waals surface area contributed by atoms with Gasteiger partial charge in [0, 0.05) is 24.3 Å². The van der Waals surface area contributed by atoms with Gasteiger partial charge >= 0.3 is 0 Å². The zero-order valence-electron chi connectivity index (χ0n) is 12.3. The lowest BCUT2D eigenvalue weighted by molar-refractivity contribution is 0.243. The molecule has 3 heteroatoms. The number of benzene rings is 1. The highest BCUT2D eigenvalue weighted by Gasteiger charge is 2.34. The second kappa shape index (κ2) is 5.72. The van der Waals surface area contributed by atoms with Gasteiger partial charge in [-0.3, -0.25) is 0 Å². The van der Waals surface area contributed by atoms with Gasteiger partial charge in [0.2, 0.25) is 0 Å². The van der Waals surface area contributed by atoms with E-state index in [1.807, 2.05) is 13.0 Å². The van der Waals surface area contributed by atoms with Crippen LogP contribution in [0.2, 0.25) is 0 Å². The van der Waals surface area contributed by atoms with E-state index in [0.717, 1.165) is 23.7 Å². The minimum absolute atomic E-state index is 0.121. The summed E-state index contributed by atoms with van der Waals surface area (Å²) in [7, 11) is 0. The van der Waals surface area contributed by atoms with Gasteiger partial charge in [-0.05, 0) is 62.3 Å². The summed E-state index contributed by atoms with van der Waals surface area (Å²) in [5.41, 5.74) is 8.18. The van der Waals surface area contributed by atoms with Crippen LogP contribution in [0.3, 0.4) is 0 Å². The summed E-state index contributed by atoms with van der Waals surface area (Å²) >= 11 is 0. The van der Waals surface area contributed by atoms with Crippen molar-refractivity contribution in [3.05, 3.63) is 29.6 Å². The van der Waals surface area contributed by atoms with Gasteiger partial charge in [0.1, 0.15) is 5.82 Å². The second-order valence-corrected chi connectivity index (χ2v) is 6.44. The molecule has 2 nitrogen and oxygen atoms in total. The number of hydrogen-bond donors (Lipinski definition) is 1. The largest absolute Gasteiger partial charge is 0.368 e. The molecule has 110 valence electrons. The molecule has 2 unspecified atom stereocenters. The summed E-state index contributed by atoms with van der Waals surface area (Å²) in [6.07, 6.45) is 7.94. The van der Waals surface area contributed by atoms with Crippen LogP contribution in [0.5, 0.6) is 0 Å². The number of anilines is 1. The van der Waals surface area contributed by atoms with Gasteiger partial charge in [0.05, 0.1) is 0 Å². The molecule has 1 saturated heterocycles. The summed E-state index contributed by atoms with van der Waals surface area (Å²) in [5, 5.41) is 0. The molecule has 3 atom stereocenters. The Kier molecular flexibility index (Phi) is 3.97. The third-order valence-corrected chi connectivity index (χ3v) is 5.03. The smallest absolute Gasteiger partial charge is 0.123 e. The second-order valence-electron chi connectivity index (χ2n) is 6.44. The summed E-state index contributed by atoms with van der Waals surface area (Å²) in [6.45, 7) is 3.03. The molecule has 0 bridgehead atoms. The third-order valence-electron chi connectivity index (χ3n) is 5.03. The Morgan fingerprint density at radius 1 is 1.20 bits per heavy atom. The first kappa shape index (κ1) is 13.9. The first-order chi connectivity index (χ1) is 9.66. The fourth-order valence-corrected chi connectivity index (χ4v) is 4.08. The third kappa shape index (κ3) is 2.56. The highest BCUT2D eigenvalue weighted by atomic mass is 19.1. The Labute approximate surface area is 121 Å². The van der Waals surface area contributed by atoms with Crippen LogP contribution in [-0.4, -0.2) is 12.6 Å². The fourth-order valence-electron chi connectivity index (χ4n) is 4.08. The lowest BCUT2D eigenvalue weighted by Gasteiger charge is -2.46. The molecular weight excluding hydrogens is 251 g/mol. The quantitative estimate of drug-likeness (QED) is 0.884. The minimum Gasteiger partial charge on any atom is -0.368 e. The number of hydrogen-bond acceptors (Lipinski definition) is 2. The van der Waals surface area contributed by atoms with Crippen LogP contribution in [0.25, 0.3) is 0 Å². The molecule has 2 N–H and O–H groups in total. The van der Waals surface area contributed by atoms with E-state index in [-0.39, 0.29) is 11.9 Å². The molecule has 1 heterocycles. The van der Waals surface area contributed by atoms with Crippen LogP contribution in [-0.2, 0) is 0 Å². The molecule has 1 saturated carbocycles. The molecule has 3 rings (SSSR count). The van der Waals surface area contributed by atoms with Crippen molar-refractivity contribution in [2.75, 3.05) is 11.4 Å². The monoisotopic (exact) mass is 276 g/mol. The molecule has 0 aromatic heterocycles. The van der Waals surface area contributed by atoms with Crippen molar-refractivity contribution in [1.82, 2.24) is 0 Å². The maximum atomic E-state index is 13.5. The van der Waals surface area contributed by atoms with Gasteiger partial charge in [-0.15, -0.1) is 0 Å². The Hall–Kier alpha value is -1.09. The Morgan fingerprint density at radius 3 is 2.75 bits per heavy atom. The first-order valence-electron chi connectivity index (χ1n) is 7.98. The van der Waals surface area contributed by atoms with E-state index < -0.39 is 0 Å². The lowest BCUT2D eigenvalue weighted by Crippen LogP contribution is -2.47. The minimum atomic E-state index is -0.182. The maximum absolute atomic E-state index is 13.5. The molecule has 1 aromatic carbocycles. The normalized spacial score (nSPS) is 28.1. The maximum Gasteiger partial charge on any atom is 0.123 e. The van der Waals surface area contributed by atoms with Gasteiger partial charge in [-0.2, -0.15) is 0 Å². The van der Waals surface area contributed by atoms with Crippen molar-refractivity contribution < 1.29 is 4.39 Å². The standard InChI is InChI=1S/C17H25FN2/c1-12(19)15-11-14(18)8-9-17(15)20-10-4-6-13-5-2-3-7-16(13)20/h8-9,11-13,16H,2-7,10,19H2,1H3/t12-,13?,16?/m1/s1. The molecule has 0 spiro atoms. The Bertz CT molecular complexity index is 470. The number of nitrogens with two attached hydrogens (primary N) is 1. The number of rotatable bonds is 2. The SMILES string of the molecule is C[C@@H](N)c1cc(F)ccc1N1CCCC2CCCCC21. The van der Waals surface area contributed by atoms with Gasteiger partial charge < -0.3 is 10.6 Å². The number of nitrogens with zero attached hydrogens (tertiary/aromatic N) is 1. The van der Waals surface area contributed by atoms with Gasteiger partial charge in [0.25, 0.3) is 0 Å². The predicted molar refractivity (Wildman–Crippen MR) is 81.3 cm³/mol. The van der Waals surface area contributed by atoms with E-state index in [4.69, 9.17) is 5.73 Å². The summed E-state index contributed by atoms with van der Waals surface area (Å²) < 4.78 is 13.5. The first-order valence-corrected chi connectivity index (χ1v) is 7.98. The summed E-state index contributed by atoms with van der Waals surface area (Å²) in [5.74, 6) is 0.640. The van der Waals surface area contributed by atoms with Crippen LogP contribution < -0.4 is 10.6 Å². The van der Waals surface area contributed by atoms with E-state index in [1.165, 1.54) is 38.5 Å². The molecule has 0 radical (unpaired) electrons. The van der Waals surface area contributed by atoms with Gasteiger partial charge in [-0.1, -0.05) is 12.8 Å². The number of halogens is 1. The van der Waals surface area contributed by atoms with Crippen molar-refractivity contribution in [1.29, 1.82) is 0 Å². The van der Waals surface area contributed by atoms with Crippen LogP contribution >= 0.6 is 0 Å². The van der Waals surface area contributed by atoms with Crippen molar-refractivity contribution in [2.24, 2.45) is 11.7 Å². The van der Waals surface area contributed by atoms with Crippen molar-refractivity contribution in [2.45, 2.75) is 57.5 Å². The van der Waals surface area contributed by atoms with Crippen molar-refractivity contribution in [3.8, 4) is 0 Å². The van der Waals surface area contributed by atoms with E-state index in [9.17, 15) is 4.39 Å². The van der Waals surface area contributed by atoms with Gasteiger partial charge in [0.15, 0.2) is 0 Å². The lowest BCUT2D eigenvalue weighted by atomic mass is 9.78. The van der Waals surface area contributed by atoms with Crippen LogP contribution in [0.15, 0.2) is 18.2 Å². The van der Waals surface area contributed by atoms with Crippen LogP contribution in [0, 0.1) is 11.7 Å². The van der Waals surface area contributed by atoms with E-state index in [2.05, 4.69) is 4.90 Å². The molecule has 2 fully saturated rings. The number of piperidine rings is 1. The highest BCUT2D eigenvalue weighted by Crippen LogP contribution is 2.39. The molecular formula is C17H25FN2. The molecule has 1 aliphatic carbocycles. The van der Waals surface area contributed by atoms with Crippen molar-refractivity contribution >= 4 is 5.69 Å². The summed E-state index contributed by atoms with van der Waals surface area (Å²) in [4.78, 5) is 2.52. The average molecular weight is 276 g/mol. The van der Waals surface area contributed by atoms with Gasteiger partial charge in [-0.25, -0.2) is 4.39 Å². The fraction of sp³-hybridized carbons (Fsp3) is 0.647. The van der Waals surface area contributed by atoms with Crippen LogP contribution in [0.4, 0.5) is 10.1 Å². The number of fused-ring (bicyclic) bond motifs is 1.